The van der Waals surface area contributed by atoms with E-state index in [2.05, 4.69) is 21.2 Å². The molecule has 28 heavy (non-hydrogen) atoms. The zero-order valence-corrected chi connectivity index (χ0v) is 17.7. The second kappa shape index (κ2) is 8.06. The number of aromatic nitrogens is 1. The number of hydrogen-bond donors (Lipinski definition) is 1. The molecule has 7 heteroatoms. The molecule has 0 aliphatic heterocycles. The minimum Gasteiger partial charge on any atom is -0.493 e. The van der Waals surface area contributed by atoms with Crippen LogP contribution in [0.15, 0.2) is 45.8 Å². The van der Waals surface area contributed by atoms with E-state index in [1.807, 2.05) is 32.0 Å². The van der Waals surface area contributed by atoms with Gasteiger partial charge < -0.3 is 19.4 Å². The highest BCUT2D eigenvalue weighted by Gasteiger charge is 2.18. The predicted molar refractivity (Wildman–Crippen MR) is 114 cm³/mol. The largest absolute Gasteiger partial charge is 0.493 e. The number of rotatable bonds is 5. The summed E-state index contributed by atoms with van der Waals surface area (Å²) in [5.74, 6) is 0.576. The summed E-state index contributed by atoms with van der Waals surface area (Å²) in [4.78, 5) is 25.9. The number of hydrogen-bond acceptors (Lipinski definition) is 4. The molecule has 0 unspecified atom stereocenters. The van der Waals surface area contributed by atoms with Gasteiger partial charge in [-0.05, 0) is 59.6 Å². The van der Waals surface area contributed by atoms with Gasteiger partial charge in [0.2, 0.25) is 0 Å². The highest BCUT2D eigenvalue weighted by Crippen LogP contribution is 2.33. The lowest BCUT2D eigenvalue weighted by molar-refractivity contribution is 0.102. The number of pyridine rings is 1. The van der Waals surface area contributed by atoms with Crippen molar-refractivity contribution in [1.82, 2.24) is 4.57 Å². The number of ether oxygens (including phenoxy) is 2. The molecule has 1 amide bonds. The van der Waals surface area contributed by atoms with Gasteiger partial charge in [-0.3, -0.25) is 9.59 Å². The van der Waals surface area contributed by atoms with Crippen LogP contribution in [0.3, 0.4) is 0 Å². The van der Waals surface area contributed by atoms with Crippen molar-refractivity contribution >= 4 is 38.3 Å². The van der Waals surface area contributed by atoms with Crippen molar-refractivity contribution in [2.24, 2.45) is 0 Å². The topological polar surface area (TPSA) is 69.6 Å². The minimum atomic E-state index is -0.316. The van der Waals surface area contributed by atoms with Crippen molar-refractivity contribution in [1.29, 1.82) is 0 Å². The smallest absolute Gasteiger partial charge is 0.258 e. The molecule has 2 aromatic carbocycles. The van der Waals surface area contributed by atoms with Crippen LogP contribution in [-0.2, 0) is 6.54 Å². The number of nitrogens with one attached hydrogen (secondary N) is 1. The van der Waals surface area contributed by atoms with Gasteiger partial charge in [-0.2, -0.15) is 0 Å². The lowest BCUT2D eigenvalue weighted by Crippen LogP contribution is -2.23. The quantitative estimate of drug-likeness (QED) is 0.634. The number of benzene rings is 2. The van der Waals surface area contributed by atoms with E-state index in [-0.39, 0.29) is 11.5 Å². The summed E-state index contributed by atoms with van der Waals surface area (Å²) >= 11 is 3.47. The molecule has 0 saturated heterocycles. The predicted octanol–water partition coefficient (Wildman–Crippen LogP) is 4.36. The molecule has 0 aliphatic rings. The average Bonchev–Trinajstić information content (AvgIpc) is 2.69. The molecule has 0 radical (unpaired) electrons. The molecule has 1 N–H and O–H groups in total. The third-order valence-corrected chi connectivity index (χ3v) is 5.20. The van der Waals surface area contributed by atoms with Crippen LogP contribution in [0.5, 0.6) is 11.5 Å². The fourth-order valence-electron chi connectivity index (χ4n) is 3.04. The number of carbonyl (C=O) groups is 1. The number of fused-ring (bicyclic) bond motifs is 1. The third kappa shape index (κ3) is 3.62. The van der Waals surface area contributed by atoms with Crippen LogP contribution in [0.1, 0.15) is 22.8 Å². The summed E-state index contributed by atoms with van der Waals surface area (Å²) in [7, 11) is 3.02. The van der Waals surface area contributed by atoms with Gasteiger partial charge in [-0.1, -0.05) is 6.07 Å². The SMILES string of the molecule is CCn1cc(C(=O)Nc2ccc(C)cc2Br)c2cc(OC)c(OC)cc2c1=O. The Hall–Kier alpha value is -2.80. The van der Waals surface area contributed by atoms with Crippen molar-refractivity contribution in [3.05, 3.63) is 62.5 Å². The lowest BCUT2D eigenvalue weighted by Gasteiger charge is -2.15. The average molecular weight is 445 g/mol. The van der Waals surface area contributed by atoms with E-state index in [4.69, 9.17) is 9.47 Å². The monoisotopic (exact) mass is 444 g/mol. The van der Waals surface area contributed by atoms with Crippen molar-refractivity contribution in [2.75, 3.05) is 19.5 Å². The maximum absolute atomic E-state index is 13.1. The number of carbonyl (C=O) groups excluding carboxylic acids is 1. The first-order valence-corrected chi connectivity index (χ1v) is 9.55. The highest BCUT2D eigenvalue weighted by molar-refractivity contribution is 9.10. The molecule has 0 saturated carbocycles. The minimum absolute atomic E-state index is 0.188. The highest BCUT2D eigenvalue weighted by atomic mass is 79.9. The molecule has 6 nitrogen and oxygen atoms in total. The van der Waals surface area contributed by atoms with Crippen molar-refractivity contribution < 1.29 is 14.3 Å². The van der Waals surface area contributed by atoms with E-state index in [0.717, 1.165) is 10.0 Å². The summed E-state index contributed by atoms with van der Waals surface area (Å²) in [6, 6.07) is 8.95. The van der Waals surface area contributed by atoms with Gasteiger partial charge in [0.15, 0.2) is 11.5 Å². The van der Waals surface area contributed by atoms with Crippen LogP contribution in [0.4, 0.5) is 5.69 Å². The van der Waals surface area contributed by atoms with E-state index in [0.29, 0.717) is 40.1 Å². The summed E-state index contributed by atoms with van der Waals surface area (Å²) in [6.45, 7) is 4.27. The van der Waals surface area contributed by atoms with Crippen LogP contribution < -0.4 is 20.3 Å². The second-order valence-corrected chi connectivity index (χ2v) is 7.18. The lowest BCUT2D eigenvalue weighted by atomic mass is 10.1. The van der Waals surface area contributed by atoms with Gasteiger partial charge in [-0.25, -0.2) is 0 Å². The van der Waals surface area contributed by atoms with Crippen LogP contribution in [0, 0.1) is 6.92 Å². The molecule has 0 aliphatic carbocycles. The summed E-state index contributed by atoms with van der Waals surface area (Å²) in [5.41, 5.74) is 1.92. The van der Waals surface area contributed by atoms with Crippen LogP contribution in [0.25, 0.3) is 10.8 Å². The molecule has 0 spiro atoms. The van der Waals surface area contributed by atoms with Crippen LogP contribution in [-0.4, -0.2) is 24.7 Å². The molecule has 3 aromatic rings. The number of methoxy groups -OCH3 is 2. The Balaban J connectivity index is 2.19. The van der Waals surface area contributed by atoms with Gasteiger partial charge >= 0.3 is 0 Å². The van der Waals surface area contributed by atoms with E-state index in [1.165, 1.54) is 18.8 Å². The Morgan fingerprint density at radius 2 is 1.75 bits per heavy atom. The van der Waals surface area contributed by atoms with Gasteiger partial charge in [0.1, 0.15) is 0 Å². The van der Waals surface area contributed by atoms with Gasteiger partial charge in [0, 0.05) is 22.6 Å². The molecule has 3 rings (SSSR count). The Kier molecular flexibility index (Phi) is 5.74. The zero-order chi connectivity index (χ0) is 20.4. The number of amides is 1. The fourth-order valence-corrected chi connectivity index (χ4v) is 3.64. The number of aryl methyl sites for hydroxylation is 2. The Morgan fingerprint density at radius 3 is 2.32 bits per heavy atom. The second-order valence-electron chi connectivity index (χ2n) is 6.32. The first-order chi connectivity index (χ1) is 13.4. The van der Waals surface area contributed by atoms with E-state index in [1.54, 1.807) is 18.3 Å². The van der Waals surface area contributed by atoms with Crippen LogP contribution >= 0.6 is 15.9 Å². The van der Waals surface area contributed by atoms with E-state index in [9.17, 15) is 9.59 Å². The Bertz CT molecular complexity index is 1120. The summed E-state index contributed by atoms with van der Waals surface area (Å²) < 4.78 is 13.0. The van der Waals surface area contributed by atoms with Crippen LogP contribution in [0.2, 0.25) is 0 Å². The fraction of sp³-hybridized carbons (Fsp3) is 0.238. The molecule has 0 atom stereocenters. The third-order valence-electron chi connectivity index (χ3n) is 4.55. The maximum Gasteiger partial charge on any atom is 0.258 e. The van der Waals surface area contributed by atoms with Gasteiger partial charge in [-0.15, -0.1) is 0 Å². The maximum atomic E-state index is 13.1. The molecular weight excluding hydrogens is 424 g/mol. The molecule has 0 bridgehead atoms. The summed E-state index contributed by atoms with van der Waals surface area (Å²) in [6.07, 6.45) is 1.58. The van der Waals surface area contributed by atoms with Crippen molar-refractivity contribution in [3.8, 4) is 11.5 Å². The first-order valence-electron chi connectivity index (χ1n) is 8.76. The van der Waals surface area contributed by atoms with Crippen molar-refractivity contribution in [3.63, 3.8) is 0 Å². The number of nitrogens with zero attached hydrogens (tertiary/aromatic N) is 1. The summed E-state index contributed by atoms with van der Waals surface area (Å²) in [5, 5.41) is 3.82. The zero-order valence-electron chi connectivity index (χ0n) is 16.1. The number of halogens is 1. The molecule has 1 heterocycles. The molecule has 1 aromatic heterocycles. The van der Waals surface area contributed by atoms with Gasteiger partial charge in [0.05, 0.1) is 30.9 Å². The standard InChI is InChI=1S/C21H21BrN2O4/c1-5-24-11-15(20(25)23-17-7-6-12(2)8-16(17)22)13-9-18(27-3)19(28-4)10-14(13)21(24)26/h6-11H,5H2,1-4H3,(H,23,25). The normalized spacial score (nSPS) is 10.8. The molecule has 146 valence electrons. The molecule has 0 fully saturated rings. The van der Waals surface area contributed by atoms with E-state index >= 15 is 0 Å². The number of anilines is 1. The first kappa shape index (κ1) is 19.9. The van der Waals surface area contributed by atoms with Gasteiger partial charge in [0.25, 0.3) is 11.5 Å². The Labute approximate surface area is 171 Å². The van der Waals surface area contributed by atoms with Crippen molar-refractivity contribution in [2.45, 2.75) is 20.4 Å². The van der Waals surface area contributed by atoms with E-state index < -0.39 is 0 Å². The Morgan fingerprint density at radius 1 is 1.11 bits per heavy atom. The molecular formula is C21H21BrN2O4.